The van der Waals surface area contributed by atoms with Crippen LogP contribution in [0.2, 0.25) is 0 Å². The lowest BCUT2D eigenvalue weighted by Crippen LogP contribution is -2.47. The van der Waals surface area contributed by atoms with Gasteiger partial charge in [-0.1, -0.05) is 19.3 Å². The molecule has 1 aliphatic carbocycles. The third-order valence-electron chi connectivity index (χ3n) is 5.19. The van der Waals surface area contributed by atoms with Gasteiger partial charge in [0.05, 0.1) is 11.3 Å². The van der Waals surface area contributed by atoms with Crippen LogP contribution in [-0.2, 0) is 0 Å². The number of aromatic amines is 1. The number of piperidine rings is 1. The molecule has 0 unspecified atom stereocenters. The fourth-order valence-electron chi connectivity index (χ4n) is 3.98. The minimum Gasteiger partial charge on any atom is -0.389 e. The fraction of sp³-hybridized carbons (Fsp3) is 0.765. The van der Waals surface area contributed by atoms with E-state index < -0.39 is 5.60 Å². The summed E-state index contributed by atoms with van der Waals surface area (Å²) in [7, 11) is 0. The molecular formula is C17H27N3O2. The Kier molecular flexibility index (Phi) is 4.64. The van der Waals surface area contributed by atoms with Crippen molar-refractivity contribution in [3.8, 4) is 0 Å². The fourth-order valence-corrected chi connectivity index (χ4v) is 3.98. The summed E-state index contributed by atoms with van der Waals surface area (Å²) >= 11 is 0. The number of β-amino-alcohol motifs (C(OH)–C–C–N with tert-alkyl or cyclic N) is 1. The van der Waals surface area contributed by atoms with Gasteiger partial charge >= 0.3 is 0 Å². The first-order valence-corrected chi connectivity index (χ1v) is 8.57. The van der Waals surface area contributed by atoms with E-state index in [1.807, 2.05) is 6.92 Å². The quantitative estimate of drug-likeness (QED) is 0.895. The summed E-state index contributed by atoms with van der Waals surface area (Å²) in [6.07, 6.45) is 7.51. The van der Waals surface area contributed by atoms with E-state index >= 15 is 0 Å². The Hall–Kier alpha value is -1.20. The van der Waals surface area contributed by atoms with Crippen LogP contribution in [0.1, 0.15) is 62.4 Å². The molecule has 1 aromatic heterocycles. The second-order valence-corrected chi connectivity index (χ2v) is 7.09. The molecule has 1 saturated heterocycles. The monoisotopic (exact) mass is 305 g/mol. The van der Waals surface area contributed by atoms with Crippen LogP contribution in [0.15, 0.2) is 10.9 Å². The largest absolute Gasteiger partial charge is 0.389 e. The topological polar surface area (TPSA) is 69.2 Å². The van der Waals surface area contributed by atoms with Crippen molar-refractivity contribution in [2.24, 2.45) is 0 Å². The first kappa shape index (κ1) is 15.7. The van der Waals surface area contributed by atoms with Gasteiger partial charge in [-0.05, 0) is 45.7 Å². The number of hydrogen-bond donors (Lipinski definition) is 2. The summed E-state index contributed by atoms with van der Waals surface area (Å²) in [5.41, 5.74) is 0.405. The second kappa shape index (κ2) is 6.50. The van der Waals surface area contributed by atoms with E-state index in [0.29, 0.717) is 11.7 Å². The maximum Gasteiger partial charge on any atom is 0.251 e. The number of likely N-dealkylation sites (tertiary alicyclic amines) is 1. The summed E-state index contributed by atoms with van der Waals surface area (Å²) in [5, 5.41) is 10.7. The lowest BCUT2D eigenvalue weighted by atomic mass is 9.83. The van der Waals surface area contributed by atoms with Gasteiger partial charge in [0, 0.05) is 18.5 Å². The van der Waals surface area contributed by atoms with Gasteiger partial charge in [0.1, 0.15) is 5.82 Å². The summed E-state index contributed by atoms with van der Waals surface area (Å²) in [4.78, 5) is 21.2. The molecule has 2 N–H and O–H groups in total. The molecule has 5 nitrogen and oxygen atoms in total. The minimum absolute atomic E-state index is 0.0542. The van der Waals surface area contributed by atoms with Crippen molar-refractivity contribution >= 4 is 0 Å². The molecule has 0 aromatic carbocycles. The molecule has 3 rings (SSSR count). The van der Waals surface area contributed by atoms with Crippen molar-refractivity contribution in [1.82, 2.24) is 14.9 Å². The van der Waals surface area contributed by atoms with Gasteiger partial charge in [-0.2, -0.15) is 0 Å². The van der Waals surface area contributed by atoms with E-state index in [0.717, 1.165) is 63.9 Å². The third kappa shape index (κ3) is 3.76. The minimum atomic E-state index is -0.468. The molecular weight excluding hydrogens is 278 g/mol. The zero-order valence-corrected chi connectivity index (χ0v) is 13.5. The van der Waals surface area contributed by atoms with Crippen LogP contribution in [0.25, 0.3) is 0 Å². The first-order chi connectivity index (χ1) is 10.5. The Morgan fingerprint density at radius 3 is 2.64 bits per heavy atom. The number of aryl methyl sites for hydroxylation is 1. The summed E-state index contributed by atoms with van der Waals surface area (Å²) in [6.45, 7) is 4.61. The normalized spacial score (nSPS) is 23.5. The van der Waals surface area contributed by atoms with Crippen LogP contribution in [0.4, 0.5) is 0 Å². The Labute approximate surface area is 131 Å². The average molecular weight is 305 g/mol. The highest BCUT2D eigenvalue weighted by Gasteiger charge is 2.33. The molecule has 1 aliphatic heterocycles. The van der Waals surface area contributed by atoms with Crippen molar-refractivity contribution < 1.29 is 5.11 Å². The zero-order valence-electron chi connectivity index (χ0n) is 13.5. The molecule has 0 radical (unpaired) electrons. The summed E-state index contributed by atoms with van der Waals surface area (Å²) in [6, 6.07) is 1.64. The maximum absolute atomic E-state index is 11.6. The van der Waals surface area contributed by atoms with Crippen molar-refractivity contribution in [3.63, 3.8) is 0 Å². The lowest BCUT2D eigenvalue weighted by Gasteiger charge is -2.39. The van der Waals surface area contributed by atoms with Crippen molar-refractivity contribution in [1.29, 1.82) is 0 Å². The lowest BCUT2D eigenvalue weighted by molar-refractivity contribution is -0.0308. The smallest absolute Gasteiger partial charge is 0.251 e. The third-order valence-corrected chi connectivity index (χ3v) is 5.19. The van der Waals surface area contributed by atoms with Gasteiger partial charge in [-0.3, -0.25) is 4.79 Å². The molecule has 1 saturated carbocycles. The predicted molar refractivity (Wildman–Crippen MR) is 86.0 cm³/mol. The van der Waals surface area contributed by atoms with Gasteiger partial charge in [0.25, 0.3) is 5.56 Å². The Balaban J connectivity index is 1.57. The number of nitrogens with one attached hydrogen (secondary N) is 1. The highest BCUT2D eigenvalue weighted by Crippen LogP contribution is 2.31. The average Bonchev–Trinajstić information content (AvgIpc) is 2.47. The number of aromatic nitrogens is 2. The number of aliphatic hydroxyl groups is 1. The highest BCUT2D eigenvalue weighted by atomic mass is 16.3. The number of rotatable bonds is 3. The molecule has 0 atom stereocenters. The second-order valence-electron chi connectivity index (χ2n) is 7.09. The molecule has 2 heterocycles. The standard InChI is InChI=1S/C17H27N3O2/c1-13-18-15(11-16(21)19-13)14-5-9-20(10-6-14)12-17(22)7-3-2-4-8-17/h11,14,22H,2-10,12H2,1H3,(H,18,19,21). The SMILES string of the molecule is Cc1nc(C2CCN(CC3(O)CCCCC3)CC2)cc(=O)[nH]1. The van der Waals surface area contributed by atoms with Crippen LogP contribution in [0, 0.1) is 6.92 Å². The predicted octanol–water partition coefficient (Wildman–Crippen LogP) is 1.95. The van der Waals surface area contributed by atoms with E-state index in [1.165, 1.54) is 6.42 Å². The van der Waals surface area contributed by atoms with Crippen LogP contribution in [0.5, 0.6) is 0 Å². The molecule has 1 aromatic rings. The molecule has 22 heavy (non-hydrogen) atoms. The molecule has 0 amide bonds. The van der Waals surface area contributed by atoms with Gasteiger partial charge in [0.15, 0.2) is 0 Å². The van der Waals surface area contributed by atoms with Crippen LogP contribution < -0.4 is 5.56 Å². The number of H-pyrrole nitrogens is 1. The summed E-state index contributed by atoms with van der Waals surface area (Å²) < 4.78 is 0. The van der Waals surface area contributed by atoms with E-state index in [1.54, 1.807) is 6.07 Å². The Morgan fingerprint density at radius 2 is 2.00 bits per heavy atom. The van der Waals surface area contributed by atoms with E-state index in [9.17, 15) is 9.90 Å². The van der Waals surface area contributed by atoms with E-state index in [4.69, 9.17) is 0 Å². The van der Waals surface area contributed by atoms with Crippen LogP contribution in [-0.4, -0.2) is 45.2 Å². The van der Waals surface area contributed by atoms with Crippen molar-refractivity contribution in [3.05, 3.63) is 27.9 Å². The van der Waals surface area contributed by atoms with Gasteiger partial charge in [-0.15, -0.1) is 0 Å². The summed E-state index contributed by atoms with van der Waals surface area (Å²) in [5.74, 6) is 1.07. The number of nitrogens with zero attached hydrogens (tertiary/aromatic N) is 2. The Bertz CT molecular complexity index is 555. The van der Waals surface area contributed by atoms with Gasteiger partial charge < -0.3 is 15.0 Å². The number of hydrogen-bond acceptors (Lipinski definition) is 4. The van der Waals surface area contributed by atoms with Crippen LogP contribution >= 0.6 is 0 Å². The van der Waals surface area contributed by atoms with Gasteiger partial charge in [0.2, 0.25) is 0 Å². The zero-order chi connectivity index (χ0) is 15.6. The van der Waals surface area contributed by atoms with Crippen LogP contribution in [0.3, 0.4) is 0 Å². The highest BCUT2D eigenvalue weighted by molar-refractivity contribution is 5.09. The molecule has 122 valence electrons. The Morgan fingerprint density at radius 1 is 1.32 bits per heavy atom. The molecule has 2 aliphatic rings. The van der Waals surface area contributed by atoms with E-state index in [2.05, 4.69) is 14.9 Å². The van der Waals surface area contributed by atoms with Crippen molar-refractivity contribution in [2.45, 2.75) is 63.4 Å². The first-order valence-electron chi connectivity index (χ1n) is 8.57. The maximum atomic E-state index is 11.6. The van der Waals surface area contributed by atoms with Gasteiger partial charge in [-0.25, -0.2) is 4.98 Å². The van der Waals surface area contributed by atoms with E-state index in [-0.39, 0.29) is 5.56 Å². The molecule has 2 fully saturated rings. The molecule has 0 bridgehead atoms. The molecule has 0 spiro atoms. The molecule has 5 heteroatoms. The van der Waals surface area contributed by atoms with Crippen molar-refractivity contribution in [2.75, 3.05) is 19.6 Å².